The van der Waals surface area contributed by atoms with Gasteiger partial charge in [0, 0.05) is 38.3 Å². The molecule has 1 unspecified atom stereocenters. The molecule has 0 radical (unpaired) electrons. The van der Waals surface area contributed by atoms with Crippen molar-refractivity contribution in [2.24, 2.45) is 7.05 Å². The van der Waals surface area contributed by atoms with Gasteiger partial charge in [-0.25, -0.2) is 8.78 Å². The van der Waals surface area contributed by atoms with E-state index < -0.39 is 17.5 Å². The lowest BCUT2D eigenvalue weighted by molar-refractivity contribution is 0.0712. The molecule has 156 valence electrons. The predicted molar refractivity (Wildman–Crippen MR) is 105 cm³/mol. The zero-order valence-electron chi connectivity index (χ0n) is 16.5. The average Bonchev–Trinajstić information content (AvgIpc) is 3.42. The smallest absolute Gasteiger partial charge is 0.295 e. The SMILES string of the molecule is Cn1cc(C2CN(C(=O)c3nnn(-c4ccc(F)cc4F)n3)Cc3ccccc32)cn1. The fraction of sp³-hybridized carbons (Fsp3) is 0.190. The number of aromatic nitrogens is 6. The molecule has 0 saturated heterocycles. The molecule has 10 heteroatoms. The highest BCUT2D eigenvalue weighted by atomic mass is 19.1. The largest absolute Gasteiger partial charge is 0.331 e. The van der Waals surface area contributed by atoms with Crippen LogP contribution in [-0.4, -0.2) is 47.3 Å². The zero-order valence-corrected chi connectivity index (χ0v) is 16.5. The molecule has 5 rings (SSSR count). The topological polar surface area (TPSA) is 81.7 Å². The van der Waals surface area contributed by atoms with E-state index in [0.29, 0.717) is 13.1 Å². The van der Waals surface area contributed by atoms with Gasteiger partial charge in [0.05, 0.1) is 6.20 Å². The van der Waals surface area contributed by atoms with E-state index >= 15 is 0 Å². The maximum atomic E-state index is 14.0. The Balaban J connectivity index is 1.45. The van der Waals surface area contributed by atoms with Gasteiger partial charge < -0.3 is 4.90 Å². The summed E-state index contributed by atoms with van der Waals surface area (Å²) >= 11 is 0. The maximum absolute atomic E-state index is 14.0. The molecule has 0 N–H and O–H groups in total. The molecule has 31 heavy (non-hydrogen) atoms. The van der Waals surface area contributed by atoms with Crippen molar-refractivity contribution in [3.63, 3.8) is 0 Å². The number of rotatable bonds is 3. The van der Waals surface area contributed by atoms with Crippen LogP contribution in [0.3, 0.4) is 0 Å². The van der Waals surface area contributed by atoms with Crippen LogP contribution in [0.2, 0.25) is 0 Å². The normalized spacial score (nSPS) is 15.7. The Morgan fingerprint density at radius 1 is 1.16 bits per heavy atom. The molecule has 8 nitrogen and oxygen atoms in total. The average molecular weight is 421 g/mol. The van der Waals surface area contributed by atoms with E-state index in [0.717, 1.165) is 33.6 Å². The maximum Gasteiger partial charge on any atom is 0.295 e. The first kappa shape index (κ1) is 19.0. The molecule has 2 aromatic carbocycles. The number of carbonyl (C=O) groups is 1. The molecule has 1 amide bonds. The molecule has 0 bridgehead atoms. The number of fused-ring (bicyclic) bond motifs is 1. The summed E-state index contributed by atoms with van der Waals surface area (Å²) in [7, 11) is 1.85. The van der Waals surface area contributed by atoms with E-state index in [1.807, 2.05) is 31.4 Å². The van der Waals surface area contributed by atoms with Crippen molar-refractivity contribution in [1.29, 1.82) is 0 Å². The van der Waals surface area contributed by atoms with Crippen LogP contribution >= 0.6 is 0 Å². The number of aryl methyl sites for hydroxylation is 1. The lowest BCUT2D eigenvalue weighted by Gasteiger charge is -2.33. The Bertz CT molecular complexity index is 1280. The van der Waals surface area contributed by atoms with Crippen LogP contribution < -0.4 is 0 Å². The van der Waals surface area contributed by atoms with Crippen LogP contribution in [0.25, 0.3) is 5.69 Å². The molecule has 1 aliphatic heterocycles. The van der Waals surface area contributed by atoms with Gasteiger partial charge in [-0.3, -0.25) is 9.48 Å². The van der Waals surface area contributed by atoms with Crippen molar-refractivity contribution >= 4 is 5.91 Å². The quantitative estimate of drug-likeness (QED) is 0.508. The second-order valence-corrected chi connectivity index (χ2v) is 7.38. The number of nitrogens with zero attached hydrogens (tertiary/aromatic N) is 7. The van der Waals surface area contributed by atoms with Gasteiger partial charge in [0.2, 0.25) is 0 Å². The predicted octanol–water partition coefficient (Wildman–Crippen LogP) is 2.46. The zero-order chi connectivity index (χ0) is 21.5. The van der Waals surface area contributed by atoms with E-state index in [-0.39, 0.29) is 17.4 Å². The summed E-state index contributed by atoms with van der Waals surface area (Å²) < 4.78 is 28.9. The van der Waals surface area contributed by atoms with Crippen LogP contribution in [0.5, 0.6) is 0 Å². The fourth-order valence-electron chi connectivity index (χ4n) is 3.85. The molecular weight excluding hydrogens is 404 g/mol. The lowest BCUT2D eigenvalue weighted by atomic mass is 9.86. The lowest BCUT2D eigenvalue weighted by Crippen LogP contribution is -2.39. The van der Waals surface area contributed by atoms with Crippen molar-refractivity contribution in [2.75, 3.05) is 6.54 Å². The van der Waals surface area contributed by atoms with Gasteiger partial charge >= 0.3 is 0 Å². The summed E-state index contributed by atoms with van der Waals surface area (Å²) in [5.74, 6) is -2.19. The third-order valence-electron chi connectivity index (χ3n) is 5.34. The van der Waals surface area contributed by atoms with Crippen LogP contribution in [0.4, 0.5) is 8.78 Å². The number of halogens is 2. The Hall–Kier alpha value is -3.95. The standard InChI is InChI=1S/C21H17F2N7O/c1-28-10-14(9-24-28)17-12-29(11-13-4-2-3-5-16(13)17)21(31)20-25-27-30(26-20)19-7-6-15(22)8-18(19)23/h2-10,17H,11-12H2,1H3. The molecule has 4 aromatic rings. The van der Waals surface area contributed by atoms with Crippen molar-refractivity contribution in [3.05, 3.63) is 89.0 Å². The number of benzene rings is 2. The number of tetrazole rings is 1. The third-order valence-corrected chi connectivity index (χ3v) is 5.34. The minimum Gasteiger partial charge on any atom is -0.331 e. The summed E-state index contributed by atoms with van der Waals surface area (Å²) in [6.45, 7) is 0.812. The van der Waals surface area contributed by atoms with Crippen LogP contribution in [0, 0.1) is 11.6 Å². The monoisotopic (exact) mass is 421 g/mol. The second-order valence-electron chi connectivity index (χ2n) is 7.38. The third kappa shape index (κ3) is 3.45. The highest BCUT2D eigenvalue weighted by molar-refractivity contribution is 5.90. The van der Waals surface area contributed by atoms with E-state index in [4.69, 9.17) is 0 Å². The van der Waals surface area contributed by atoms with Crippen molar-refractivity contribution in [1.82, 2.24) is 34.9 Å². The van der Waals surface area contributed by atoms with E-state index in [2.05, 4.69) is 26.6 Å². The molecular formula is C21H17F2N7O. The molecule has 1 aliphatic rings. The number of hydrogen-bond donors (Lipinski definition) is 0. The highest BCUT2D eigenvalue weighted by Crippen LogP contribution is 2.33. The van der Waals surface area contributed by atoms with E-state index in [1.54, 1.807) is 15.8 Å². The van der Waals surface area contributed by atoms with Crippen molar-refractivity contribution < 1.29 is 13.6 Å². The molecule has 1 atom stereocenters. The first-order chi connectivity index (χ1) is 15.0. The summed E-state index contributed by atoms with van der Waals surface area (Å²) in [4.78, 5) is 15.7. The molecule has 0 saturated carbocycles. The molecule has 0 spiro atoms. The van der Waals surface area contributed by atoms with Crippen molar-refractivity contribution in [3.8, 4) is 5.69 Å². The van der Waals surface area contributed by atoms with Gasteiger partial charge in [0.1, 0.15) is 11.5 Å². The molecule has 0 fully saturated rings. The van der Waals surface area contributed by atoms with Crippen LogP contribution in [-0.2, 0) is 13.6 Å². The van der Waals surface area contributed by atoms with Gasteiger partial charge in [0.25, 0.3) is 11.7 Å². The number of hydrogen-bond acceptors (Lipinski definition) is 5. The highest BCUT2D eigenvalue weighted by Gasteiger charge is 2.32. The summed E-state index contributed by atoms with van der Waals surface area (Å²) in [6.07, 6.45) is 3.72. The summed E-state index contributed by atoms with van der Waals surface area (Å²) in [5, 5.41) is 15.9. The van der Waals surface area contributed by atoms with Gasteiger partial charge in [-0.15, -0.1) is 15.0 Å². The van der Waals surface area contributed by atoms with E-state index in [9.17, 15) is 13.6 Å². The van der Waals surface area contributed by atoms with Gasteiger partial charge in [-0.1, -0.05) is 24.3 Å². The molecule has 2 aromatic heterocycles. The van der Waals surface area contributed by atoms with Gasteiger partial charge in [0.15, 0.2) is 5.82 Å². The van der Waals surface area contributed by atoms with Crippen molar-refractivity contribution in [2.45, 2.75) is 12.5 Å². The Morgan fingerprint density at radius 3 is 2.77 bits per heavy atom. The fourth-order valence-corrected chi connectivity index (χ4v) is 3.85. The van der Waals surface area contributed by atoms with Gasteiger partial charge in [-0.05, 0) is 34.0 Å². The Kier molecular flexibility index (Phi) is 4.54. The Morgan fingerprint density at radius 2 is 2.00 bits per heavy atom. The molecule has 3 heterocycles. The minimum absolute atomic E-state index is 0.0489. The van der Waals surface area contributed by atoms with E-state index in [1.165, 1.54) is 6.07 Å². The van der Waals surface area contributed by atoms with Crippen LogP contribution in [0.1, 0.15) is 33.2 Å². The molecule has 0 aliphatic carbocycles. The summed E-state index contributed by atoms with van der Waals surface area (Å²) in [5.41, 5.74) is 3.07. The number of carbonyl (C=O) groups excluding carboxylic acids is 1. The number of amides is 1. The first-order valence-corrected chi connectivity index (χ1v) is 9.60. The minimum atomic E-state index is -0.847. The van der Waals surface area contributed by atoms with Gasteiger partial charge in [-0.2, -0.15) is 5.10 Å². The van der Waals surface area contributed by atoms with Crippen LogP contribution in [0.15, 0.2) is 54.9 Å². The second kappa shape index (κ2) is 7.38. The summed E-state index contributed by atoms with van der Waals surface area (Å²) in [6, 6.07) is 10.9. The first-order valence-electron chi connectivity index (χ1n) is 9.60. The Labute approximate surface area is 175 Å².